The fraction of sp³-hybridized carbons (Fsp3) is 0.250. The molecule has 0 aliphatic carbocycles. The van der Waals surface area contributed by atoms with Crippen molar-refractivity contribution < 1.29 is 13.5 Å². The Kier molecular flexibility index (Phi) is 4.66. The summed E-state index contributed by atoms with van der Waals surface area (Å²) in [5.41, 5.74) is 0.939. The van der Waals surface area contributed by atoms with Gasteiger partial charge in [0.05, 0.1) is 18.4 Å². The molecule has 3 rings (SSSR count). The number of thioether (sulfide) groups is 1. The zero-order chi connectivity index (χ0) is 16.2. The van der Waals surface area contributed by atoms with Crippen molar-refractivity contribution in [2.24, 2.45) is 7.05 Å². The molecule has 7 heteroatoms. The maximum Gasteiger partial charge on any atom is 0.191 e. The van der Waals surface area contributed by atoms with Crippen molar-refractivity contribution >= 4 is 11.8 Å². The van der Waals surface area contributed by atoms with Crippen molar-refractivity contribution in [3.05, 3.63) is 48.2 Å². The summed E-state index contributed by atoms with van der Waals surface area (Å²) in [5, 5.41) is 9.22. The molecule has 2 aromatic heterocycles. The molecule has 0 amide bonds. The van der Waals surface area contributed by atoms with Gasteiger partial charge < -0.3 is 13.7 Å². The van der Waals surface area contributed by atoms with Crippen LogP contribution in [0.2, 0.25) is 0 Å². The smallest absolute Gasteiger partial charge is 0.191 e. The van der Waals surface area contributed by atoms with E-state index in [1.807, 2.05) is 24.6 Å². The number of hydrogen-bond donors (Lipinski definition) is 0. The van der Waals surface area contributed by atoms with Crippen molar-refractivity contribution in [1.29, 1.82) is 0 Å². The Bertz CT molecular complexity index is 783. The van der Waals surface area contributed by atoms with E-state index in [1.165, 1.54) is 12.1 Å². The SMILES string of the molecule is Cc1occc1-c1nnc(SCCOc2ccc(F)cc2)n1C. The number of furan rings is 1. The molecule has 0 spiro atoms. The number of aromatic nitrogens is 3. The highest BCUT2D eigenvalue weighted by Crippen LogP contribution is 2.25. The summed E-state index contributed by atoms with van der Waals surface area (Å²) in [7, 11) is 1.92. The first kappa shape index (κ1) is 15.6. The fourth-order valence-electron chi connectivity index (χ4n) is 2.12. The highest BCUT2D eigenvalue weighted by molar-refractivity contribution is 7.99. The summed E-state index contributed by atoms with van der Waals surface area (Å²) in [6.07, 6.45) is 1.64. The molecule has 0 bridgehead atoms. The van der Waals surface area contributed by atoms with Crippen molar-refractivity contribution in [2.45, 2.75) is 12.1 Å². The van der Waals surface area contributed by atoms with Crippen LogP contribution in [0, 0.1) is 12.7 Å². The van der Waals surface area contributed by atoms with E-state index >= 15 is 0 Å². The van der Waals surface area contributed by atoms with Gasteiger partial charge in [-0.25, -0.2) is 4.39 Å². The maximum atomic E-state index is 12.8. The second-order valence-corrected chi connectivity index (χ2v) is 5.97. The molecule has 0 unspecified atom stereocenters. The minimum Gasteiger partial charge on any atom is -0.493 e. The first-order valence-corrected chi connectivity index (χ1v) is 8.09. The zero-order valence-corrected chi connectivity index (χ0v) is 13.6. The fourth-order valence-corrected chi connectivity index (χ4v) is 2.84. The van der Waals surface area contributed by atoms with E-state index in [0.717, 1.165) is 22.3 Å². The molecule has 0 aliphatic rings. The monoisotopic (exact) mass is 333 g/mol. The Morgan fingerprint density at radius 3 is 2.70 bits per heavy atom. The molecule has 0 atom stereocenters. The highest BCUT2D eigenvalue weighted by atomic mass is 32.2. The molecule has 0 N–H and O–H groups in total. The van der Waals surface area contributed by atoms with Gasteiger partial charge in [0.25, 0.3) is 0 Å². The zero-order valence-electron chi connectivity index (χ0n) is 12.8. The van der Waals surface area contributed by atoms with Gasteiger partial charge in [0.1, 0.15) is 17.3 Å². The number of ether oxygens (including phenoxy) is 1. The van der Waals surface area contributed by atoms with Crippen LogP contribution < -0.4 is 4.74 Å². The highest BCUT2D eigenvalue weighted by Gasteiger charge is 2.14. The minimum atomic E-state index is -0.270. The van der Waals surface area contributed by atoms with Crippen LogP contribution in [0.5, 0.6) is 5.75 Å². The van der Waals surface area contributed by atoms with E-state index in [2.05, 4.69) is 10.2 Å². The van der Waals surface area contributed by atoms with Gasteiger partial charge in [-0.2, -0.15) is 0 Å². The molecule has 2 heterocycles. The Labute approximate surface area is 137 Å². The Morgan fingerprint density at radius 2 is 2.00 bits per heavy atom. The molecular weight excluding hydrogens is 317 g/mol. The van der Waals surface area contributed by atoms with Crippen LogP contribution in [0.15, 0.2) is 46.2 Å². The Hall–Kier alpha value is -2.28. The maximum absolute atomic E-state index is 12.8. The van der Waals surface area contributed by atoms with Crippen LogP contribution in [0.4, 0.5) is 4.39 Å². The number of hydrogen-bond acceptors (Lipinski definition) is 5. The van der Waals surface area contributed by atoms with Crippen LogP contribution in [-0.2, 0) is 7.05 Å². The van der Waals surface area contributed by atoms with Crippen LogP contribution in [0.1, 0.15) is 5.76 Å². The van der Waals surface area contributed by atoms with E-state index in [9.17, 15) is 4.39 Å². The summed E-state index contributed by atoms with van der Waals surface area (Å²) < 4.78 is 25.6. The average Bonchev–Trinajstić information content (AvgIpc) is 3.12. The predicted molar refractivity (Wildman–Crippen MR) is 86.1 cm³/mol. The van der Waals surface area contributed by atoms with Gasteiger partial charge in [0.2, 0.25) is 0 Å². The van der Waals surface area contributed by atoms with E-state index < -0.39 is 0 Å². The summed E-state index contributed by atoms with van der Waals surface area (Å²) in [4.78, 5) is 0. The van der Waals surface area contributed by atoms with Crippen LogP contribution in [0.3, 0.4) is 0 Å². The van der Waals surface area contributed by atoms with Crippen molar-refractivity contribution in [3.63, 3.8) is 0 Å². The first-order valence-electron chi connectivity index (χ1n) is 7.10. The quantitative estimate of drug-likeness (QED) is 0.509. The van der Waals surface area contributed by atoms with Crippen molar-refractivity contribution in [3.8, 4) is 17.1 Å². The second-order valence-electron chi connectivity index (χ2n) is 4.91. The molecule has 0 saturated heterocycles. The number of nitrogens with zero attached hydrogens (tertiary/aromatic N) is 3. The van der Waals surface area contributed by atoms with Crippen LogP contribution in [0.25, 0.3) is 11.4 Å². The summed E-state index contributed by atoms with van der Waals surface area (Å²) in [5.74, 6) is 2.69. The van der Waals surface area contributed by atoms with Gasteiger partial charge in [-0.3, -0.25) is 0 Å². The van der Waals surface area contributed by atoms with Gasteiger partial charge in [0, 0.05) is 12.8 Å². The van der Waals surface area contributed by atoms with Gasteiger partial charge in [-0.05, 0) is 37.3 Å². The lowest BCUT2D eigenvalue weighted by atomic mass is 10.2. The molecule has 0 fully saturated rings. The standard InChI is InChI=1S/C16H16FN3O2S/c1-11-14(7-8-21-11)15-18-19-16(20(15)2)23-10-9-22-13-5-3-12(17)4-6-13/h3-8H,9-10H2,1-2H3. The van der Waals surface area contributed by atoms with Gasteiger partial charge >= 0.3 is 0 Å². The van der Waals surface area contributed by atoms with E-state index in [4.69, 9.17) is 9.15 Å². The summed E-state index contributed by atoms with van der Waals surface area (Å²) in [6.45, 7) is 2.40. The minimum absolute atomic E-state index is 0.270. The van der Waals surface area contributed by atoms with Crippen molar-refractivity contribution in [2.75, 3.05) is 12.4 Å². The normalized spacial score (nSPS) is 10.9. The first-order chi connectivity index (χ1) is 11.1. The van der Waals surface area contributed by atoms with Gasteiger partial charge in [-0.15, -0.1) is 10.2 Å². The Morgan fingerprint density at radius 1 is 1.22 bits per heavy atom. The van der Waals surface area contributed by atoms with Crippen molar-refractivity contribution in [1.82, 2.24) is 14.8 Å². The third-order valence-corrected chi connectivity index (χ3v) is 4.32. The molecular formula is C16H16FN3O2S. The lowest BCUT2D eigenvalue weighted by Gasteiger charge is -2.06. The third-order valence-electron chi connectivity index (χ3n) is 3.33. The molecule has 3 aromatic rings. The average molecular weight is 333 g/mol. The van der Waals surface area contributed by atoms with Crippen LogP contribution in [-0.4, -0.2) is 27.1 Å². The summed E-state index contributed by atoms with van der Waals surface area (Å²) in [6, 6.07) is 7.87. The molecule has 1 aromatic carbocycles. The molecule has 0 saturated carbocycles. The molecule has 0 aliphatic heterocycles. The van der Waals surface area contributed by atoms with Gasteiger partial charge in [0.15, 0.2) is 11.0 Å². The van der Waals surface area contributed by atoms with E-state index in [0.29, 0.717) is 18.1 Å². The van der Waals surface area contributed by atoms with Gasteiger partial charge in [-0.1, -0.05) is 11.8 Å². The van der Waals surface area contributed by atoms with Crippen LogP contribution >= 0.6 is 11.8 Å². The van der Waals surface area contributed by atoms with E-state index in [1.54, 1.807) is 30.2 Å². The number of benzene rings is 1. The number of halogens is 1. The van der Waals surface area contributed by atoms with E-state index in [-0.39, 0.29) is 5.82 Å². The Balaban J connectivity index is 1.56. The topological polar surface area (TPSA) is 53.1 Å². The number of rotatable bonds is 6. The largest absolute Gasteiger partial charge is 0.493 e. The third kappa shape index (κ3) is 3.56. The summed E-state index contributed by atoms with van der Waals surface area (Å²) >= 11 is 1.55. The predicted octanol–water partition coefficient (Wildman–Crippen LogP) is 3.69. The molecule has 5 nitrogen and oxygen atoms in total. The second kappa shape index (κ2) is 6.87. The lowest BCUT2D eigenvalue weighted by molar-refractivity contribution is 0.343. The molecule has 23 heavy (non-hydrogen) atoms. The molecule has 0 radical (unpaired) electrons. The lowest BCUT2D eigenvalue weighted by Crippen LogP contribution is -2.02. The number of aryl methyl sites for hydroxylation is 1. The molecule has 120 valence electrons.